The number of benzene rings is 1. The lowest BCUT2D eigenvalue weighted by molar-refractivity contribution is 0.0587. The topological polar surface area (TPSA) is 119 Å². The Hall–Kier alpha value is -2.23. The molecule has 2 N–H and O–H groups in total. The highest BCUT2D eigenvalue weighted by atomic mass is 32.2. The van der Waals surface area contributed by atoms with Gasteiger partial charge in [0.05, 0.1) is 13.7 Å². The number of aliphatic hydroxyl groups is 1. The van der Waals surface area contributed by atoms with E-state index in [2.05, 4.69) is 14.4 Å². The van der Waals surface area contributed by atoms with E-state index in [0.29, 0.717) is 5.56 Å². The number of sulfonamides is 1. The van der Waals surface area contributed by atoms with Crippen LogP contribution in [0.15, 0.2) is 39.8 Å². The van der Waals surface area contributed by atoms with Gasteiger partial charge in [-0.25, -0.2) is 22.9 Å². The second kappa shape index (κ2) is 6.69. The molecular weight excluding hydrogens is 312 g/mol. The van der Waals surface area contributed by atoms with Gasteiger partial charge in [-0.05, 0) is 12.1 Å². The molecule has 0 saturated heterocycles. The summed E-state index contributed by atoms with van der Waals surface area (Å²) in [6.07, 6.45) is 0. The maximum absolute atomic E-state index is 12.1. The first-order chi connectivity index (χ1) is 10.5. The van der Waals surface area contributed by atoms with Crippen molar-refractivity contribution in [1.82, 2.24) is 9.71 Å². The Kier molecular flexibility index (Phi) is 4.91. The van der Waals surface area contributed by atoms with Crippen molar-refractivity contribution in [3.05, 3.63) is 36.0 Å². The molecule has 1 heterocycles. The number of ether oxygens (including phenoxy) is 1. The predicted octanol–water partition coefficient (Wildman–Crippen LogP) is 0.399. The molecule has 0 bridgehead atoms. The van der Waals surface area contributed by atoms with Crippen LogP contribution in [0.5, 0.6) is 0 Å². The first-order valence-corrected chi connectivity index (χ1v) is 7.73. The number of oxazole rings is 1. The Bertz CT molecular complexity index is 754. The van der Waals surface area contributed by atoms with Crippen molar-refractivity contribution in [2.45, 2.75) is 5.09 Å². The Morgan fingerprint density at radius 1 is 1.36 bits per heavy atom. The molecule has 2 aromatic rings. The Balaban J connectivity index is 2.53. The summed E-state index contributed by atoms with van der Waals surface area (Å²) >= 11 is 0. The average Bonchev–Trinajstić information content (AvgIpc) is 2.99. The monoisotopic (exact) mass is 326 g/mol. The van der Waals surface area contributed by atoms with Crippen LogP contribution in [0, 0.1) is 0 Å². The summed E-state index contributed by atoms with van der Waals surface area (Å²) in [4.78, 5) is 15.6. The molecule has 0 spiro atoms. The lowest BCUT2D eigenvalue weighted by Gasteiger charge is -2.02. The zero-order valence-electron chi connectivity index (χ0n) is 11.6. The molecule has 0 radical (unpaired) electrons. The number of esters is 1. The smallest absolute Gasteiger partial charge is 0.361 e. The van der Waals surface area contributed by atoms with E-state index in [-0.39, 0.29) is 12.4 Å². The van der Waals surface area contributed by atoms with Crippen molar-refractivity contribution in [3.8, 4) is 11.5 Å². The SMILES string of the molecule is COC(=O)c1nc(-c2ccccc2)oc1S(=O)(=O)NCCO. The number of nitrogens with one attached hydrogen (secondary N) is 1. The van der Waals surface area contributed by atoms with Gasteiger partial charge in [-0.3, -0.25) is 0 Å². The van der Waals surface area contributed by atoms with Crippen LogP contribution in [0.1, 0.15) is 10.5 Å². The fourth-order valence-corrected chi connectivity index (χ4v) is 2.73. The van der Waals surface area contributed by atoms with Gasteiger partial charge in [0.25, 0.3) is 15.1 Å². The maximum atomic E-state index is 12.1. The first-order valence-electron chi connectivity index (χ1n) is 6.24. The van der Waals surface area contributed by atoms with Crippen molar-refractivity contribution in [2.24, 2.45) is 0 Å². The van der Waals surface area contributed by atoms with E-state index >= 15 is 0 Å². The van der Waals surface area contributed by atoms with Crippen LogP contribution in [0.2, 0.25) is 0 Å². The van der Waals surface area contributed by atoms with Crippen LogP contribution in [0.25, 0.3) is 11.5 Å². The number of hydrogen-bond acceptors (Lipinski definition) is 7. The Morgan fingerprint density at radius 2 is 2.05 bits per heavy atom. The minimum Gasteiger partial charge on any atom is -0.464 e. The molecule has 0 aliphatic heterocycles. The van der Waals surface area contributed by atoms with Gasteiger partial charge in [0, 0.05) is 12.1 Å². The summed E-state index contributed by atoms with van der Waals surface area (Å²) in [5.74, 6) is -0.958. The van der Waals surface area contributed by atoms with E-state index in [0.717, 1.165) is 7.11 Å². The predicted molar refractivity (Wildman–Crippen MR) is 75.6 cm³/mol. The molecule has 0 unspecified atom stereocenters. The molecule has 2 rings (SSSR count). The number of nitrogens with zero attached hydrogens (tertiary/aromatic N) is 1. The molecule has 0 saturated carbocycles. The second-order valence-corrected chi connectivity index (χ2v) is 5.80. The fourth-order valence-electron chi connectivity index (χ4n) is 1.66. The van der Waals surface area contributed by atoms with Crippen LogP contribution in [-0.2, 0) is 14.8 Å². The lowest BCUT2D eigenvalue weighted by Crippen LogP contribution is -2.27. The molecule has 0 aliphatic rings. The fraction of sp³-hybridized carbons (Fsp3) is 0.231. The quantitative estimate of drug-likeness (QED) is 0.737. The normalized spacial score (nSPS) is 11.4. The van der Waals surface area contributed by atoms with Gasteiger partial charge in [0.1, 0.15) is 0 Å². The molecule has 9 heteroatoms. The van der Waals surface area contributed by atoms with Gasteiger partial charge in [-0.15, -0.1) is 0 Å². The lowest BCUT2D eigenvalue weighted by atomic mass is 10.2. The zero-order valence-corrected chi connectivity index (χ0v) is 12.5. The largest absolute Gasteiger partial charge is 0.464 e. The summed E-state index contributed by atoms with van der Waals surface area (Å²) in [7, 11) is -3.03. The molecule has 0 atom stereocenters. The van der Waals surface area contributed by atoms with Gasteiger partial charge in [0.15, 0.2) is 0 Å². The van der Waals surface area contributed by atoms with E-state index in [9.17, 15) is 13.2 Å². The van der Waals surface area contributed by atoms with E-state index in [1.165, 1.54) is 0 Å². The van der Waals surface area contributed by atoms with E-state index in [4.69, 9.17) is 9.52 Å². The van der Waals surface area contributed by atoms with Gasteiger partial charge in [-0.2, -0.15) is 0 Å². The second-order valence-electron chi connectivity index (χ2n) is 4.13. The number of carbonyl (C=O) groups excluding carboxylic acids is 1. The molecule has 0 aliphatic carbocycles. The third-order valence-corrected chi connectivity index (χ3v) is 3.99. The molecule has 1 aromatic carbocycles. The van der Waals surface area contributed by atoms with Crippen molar-refractivity contribution in [3.63, 3.8) is 0 Å². The van der Waals surface area contributed by atoms with Crippen LogP contribution in [-0.4, -0.2) is 44.7 Å². The molecule has 1 aromatic heterocycles. The number of methoxy groups -OCH3 is 1. The highest BCUT2D eigenvalue weighted by molar-refractivity contribution is 7.89. The van der Waals surface area contributed by atoms with Gasteiger partial charge in [0.2, 0.25) is 11.6 Å². The Morgan fingerprint density at radius 3 is 2.64 bits per heavy atom. The van der Waals surface area contributed by atoms with Crippen LogP contribution >= 0.6 is 0 Å². The number of carbonyl (C=O) groups is 1. The minimum atomic E-state index is -4.14. The molecule has 0 amide bonds. The van der Waals surface area contributed by atoms with E-state index in [1.807, 2.05) is 0 Å². The summed E-state index contributed by atoms with van der Waals surface area (Å²) in [5, 5.41) is 8.07. The summed E-state index contributed by atoms with van der Waals surface area (Å²) in [5.41, 5.74) is 0.0584. The average molecular weight is 326 g/mol. The number of rotatable bonds is 6. The number of hydrogen-bond donors (Lipinski definition) is 2. The molecule has 118 valence electrons. The zero-order chi connectivity index (χ0) is 16.2. The van der Waals surface area contributed by atoms with E-state index < -0.39 is 33.4 Å². The number of aliphatic hydroxyl groups excluding tert-OH is 1. The van der Waals surface area contributed by atoms with Crippen LogP contribution in [0.4, 0.5) is 0 Å². The van der Waals surface area contributed by atoms with Gasteiger partial charge < -0.3 is 14.3 Å². The highest BCUT2D eigenvalue weighted by Gasteiger charge is 2.31. The third-order valence-electron chi connectivity index (χ3n) is 2.64. The van der Waals surface area contributed by atoms with Crippen molar-refractivity contribution in [2.75, 3.05) is 20.3 Å². The Labute approximate surface area is 126 Å². The van der Waals surface area contributed by atoms with Crippen LogP contribution in [0.3, 0.4) is 0 Å². The maximum Gasteiger partial charge on any atom is 0.361 e. The standard InChI is InChI=1S/C13H14N2O6S/c1-20-12(17)10-13(22(18,19)14-7-8-16)21-11(15-10)9-5-3-2-4-6-9/h2-6,14,16H,7-8H2,1H3. The first kappa shape index (κ1) is 16.1. The summed E-state index contributed by atoms with van der Waals surface area (Å²) in [6.45, 7) is -0.614. The van der Waals surface area contributed by atoms with Gasteiger partial charge in [-0.1, -0.05) is 18.2 Å². The van der Waals surface area contributed by atoms with Crippen molar-refractivity contribution in [1.29, 1.82) is 0 Å². The molecular formula is C13H14N2O6S. The summed E-state index contributed by atoms with van der Waals surface area (Å²) < 4.78 is 36.1. The van der Waals surface area contributed by atoms with Crippen LogP contribution < -0.4 is 4.72 Å². The molecule has 22 heavy (non-hydrogen) atoms. The van der Waals surface area contributed by atoms with Gasteiger partial charge >= 0.3 is 5.97 Å². The number of aromatic nitrogens is 1. The molecule has 0 fully saturated rings. The van der Waals surface area contributed by atoms with Crippen molar-refractivity contribution >= 4 is 16.0 Å². The third kappa shape index (κ3) is 3.32. The summed E-state index contributed by atoms with van der Waals surface area (Å²) in [6, 6.07) is 8.52. The molecule has 8 nitrogen and oxygen atoms in total. The van der Waals surface area contributed by atoms with E-state index in [1.54, 1.807) is 30.3 Å². The van der Waals surface area contributed by atoms with Crippen molar-refractivity contribution < 1.29 is 27.5 Å². The highest BCUT2D eigenvalue weighted by Crippen LogP contribution is 2.25. The minimum absolute atomic E-state index is 0.0228.